The van der Waals surface area contributed by atoms with E-state index in [9.17, 15) is 13.5 Å². The highest BCUT2D eigenvalue weighted by molar-refractivity contribution is 7.91. The summed E-state index contributed by atoms with van der Waals surface area (Å²) in [5, 5.41) is 12.6. The van der Waals surface area contributed by atoms with Crippen LogP contribution in [0.25, 0.3) is 21.1 Å². The lowest BCUT2D eigenvalue weighted by atomic mass is 10.1. The second kappa shape index (κ2) is 6.00. The van der Waals surface area contributed by atoms with Crippen molar-refractivity contribution in [1.82, 2.24) is 4.98 Å². The minimum Gasteiger partial charge on any atom is -0.395 e. The first kappa shape index (κ1) is 15.5. The SMILES string of the molecule is CS(=O)(=O)C(CO)c1cc(-c2cccs2)[nH]c1-c1cccs1. The first-order chi connectivity index (χ1) is 10.5. The van der Waals surface area contributed by atoms with Crippen LogP contribution in [-0.2, 0) is 9.84 Å². The largest absolute Gasteiger partial charge is 0.395 e. The zero-order valence-electron chi connectivity index (χ0n) is 11.8. The molecule has 2 N–H and O–H groups in total. The fourth-order valence-electron chi connectivity index (χ4n) is 2.38. The van der Waals surface area contributed by atoms with Crippen molar-refractivity contribution in [3.05, 3.63) is 46.7 Å². The molecule has 1 unspecified atom stereocenters. The number of sulfone groups is 1. The van der Waals surface area contributed by atoms with E-state index in [-0.39, 0.29) is 0 Å². The molecule has 0 saturated carbocycles. The molecule has 0 aliphatic rings. The predicted molar refractivity (Wildman–Crippen MR) is 92.1 cm³/mol. The van der Waals surface area contributed by atoms with Gasteiger partial charge in [0.05, 0.1) is 27.7 Å². The molecular formula is C15H15NO3S3. The van der Waals surface area contributed by atoms with Gasteiger partial charge in [0.15, 0.2) is 9.84 Å². The second-order valence-electron chi connectivity index (χ2n) is 4.97. The molecule has 0 aromatic carbocycles. The molecule has 0 aliphatic heterocycles. The van der Waals surface area contributed by atoms with Crippen molar-refractivity contribution in [3.63, 3.8) is 0 Å². The predicted octanol–water partition coefficient (Wildman–Crippen LogP) is 3.55. The third-order valence-corrected chi connectivity index (χ3v) is 6.66. The van der Waals surface area contributed by atoms with E-state index < -0.39 is 21.7 Å². The molecule has 0 bridgehead atoms. The number of thiophene rings is 2. The van der Waals surface area contributed by atoms with E-state index in [1.165, 1.54) is 11.3 Å². The van der Waals surface area contributed by atoms with Crippen molar-refractivity contribution in [1.29, 1.82) is 0 Å². The number of H-pyrrole nitrogens is 1. The topological polar surface area (TPSA) is 70.2 Å². The molecule has 0 spiro atoms. The van der Waals surface area contributed by atoms with Crippen LogP contribution in [0.4, 0.5) is 0 Å². The summed E-state index contributed by atoms with van der Waals surface area (Å²) in [6.45, 7) is -0.432. The number of rotatable bonds is 5. The Hall–Kier alpha value is -1.41. The maximum Gasteiger partial charge on any atom is 0.156 e. The van der Waals surface area contributed by atoms with Crippen LogP contribution in [0.1, 0.15) is 10.8 Å². The Labute approximate surface area is 137 Å². The molecule has 0 fully saturated rings. The first-order valence-electron chi connectivity index (χ1n) is 6.61. The van der Waals surface area contributed by atoms with E-state index in [0.29, 0.717) is 5.56 Å². The average Bonchev–Trinajstić information content (AvgIpc) is 3.19. The summed E-state index contributed by atoms with van der Waals surface area (Å²) in [7, 11) is -3.40. The highest BCUT2D eigenvalue weighted by Gasteiger charge is 2.27. The lowest BCUT2D eigenvalue weighted by molar-refractivity contribution is 0.292. The minimum atomic E-state index is -3.40. The Kier molecular flexibility index (Phi) is 4.22. The Morgan fingerprint density at radius 1 is 1.18 bits per heavy atom. The number of aromatic amines is 1. The van der Waals surface area contributed by atoms with E-state index in [2.05, 4.69) is 4.98 Å². The molecule has 3 aromatic rings. The lowest BCUT2D eigenvalue weighted by Crippen LogP contribution is -2.15. The van der Waals surface area contributed by atoms with Crippen molar-refractivity contribution in [2.24, 2.45) is 0 Å². The third kappa shape index (κ3) is 2.89. The summed E-state index contributed by atoms with van der Waals surface area (Å²) in [6, 6.07) is 9.62. The molecule has 0 amide bonds. The van der Waals surface area contributed by atoms with Gasteiger partial charge in [0.25, 0.3) is 0 Å². The van der Waals surface area contributed by atoms with Crippen molar-refractivity contribution in [2.45, 2.75) is 5.25 Å². The molecule has 3 heterocycles. The summed E-state index contributed by atoms with van der Waals surface area (Å²) in [5.41, 5.74) is 2.26. The zero-order chi connectivity index (χ0) is 15.7. The van der Waals surface area contributed by atoms with Gasteiger partial charge in [-0.25, -0.2) is 8.42 Å². The number of hydrogen-bond donors (Lipinski definition) is 2. The molecule has 1 atom stereocenters. The quantitative estimate of drug-likeness (QED) is 0.737. The van der Waals surface area contributed by atoms with Gasteiger partial charge in [-0.15, -0.1) is 22.7 Å². The maximum atomic E-state index is 12.0. The zero-order valence-corrected chi connectivity index (χ0v) is 14.3. The summed E-state index contributed by atoms with van der Waals surface area (Å²) in [6.07, 6.45) is 1.16. The van der Waals surface area contributed by atoms with Gasteiger partial charge >= 0.3 is 0 Å². The van der Waals surface area contributed by atoms with Gasteiger partial charge < -0.3 is 10.1 Å². The number of hydrogen-bond acceptors (Lipinski definition) is 5. The van der Waals surface area contributed by atoms with Crippen molar-refractivity contribution in [3.8, 4) is 21.1 Å². The molecule has 4 nitrogen and oxygen atoms in total. The number of nitrogens with one attached hydrogen (secondary N) is 1. The van der Waals surface area contributed by atoms with E-state index in [1.807, 2.05) is 41.1 Å². The van der Waals surface area contributed by atoms with Crippen LogP contribution in [0.15, 0.2) is 41.1 Å². The van der Waals surface area contributed by atoms with Gasteiger partial charge in [-0.3, -0.25) is 0 Å². The fraction of sp³-hybridized carbons (Fsp3) is 0.200. The normalized spacial score (nSPS) is 13.4. The van der Waals surface area contributed by atoms with Crippen molar-refractivity contribution in [2.75, 3.05) is 12.9 Å². The van der Waals surface area contributed by atoms with E-state index in [1.54, 1.807) is 11.3 Å². The van der Waals surface area contributed by atoms with Crippen LogP contribution in [0, 0.1) is 0 Å². The van der Waals surface area contributed by atoms with Crippen molar-refractivity contribution < 1.29 is 13.5 Å². The molecular weight excluding hydrogens is 338 g/mol. The van der Waals surface area contributed by atoms with Gasteiger partial charge in [-0.2, -0.15) is 0 Å². The van der Waals surface area contributed by atoms with Crippen LogP contribution >= 0.6 is 22.7 Å². The standard InChI is InChI=1S/C15H15NO3S3/c1-22(18,19)14(9-17)10-8-11(12-4-2-6-20-12)16-15(10)13-5-3-7-21-13/h2-8,14,16-17H,9H2,1H3. The van der Waals surface area contributed by atoms with Gasteiger partial charge in [0.2, 0.25) is 0 Å². The first-order valence-corrected chi connectivity index (χ1v) is 10.3. The second-order valence-corrected chi connectivity index (χ2v) is 9.09. The molecule has 0 radical (unpaired) electrons. The summed E-state index contributed by atoms with van der Waals surface area (Å²) >= 11 is 3.12. The average molecular weight is 353 g/mol. The van der Waals surface area contributed by atoms with Crippen LogP contribution < -0.4 is 0 Å². The number of aromatic nitrogens is 1. The smallest absolute Gasteiger partial charge is 0.156 e. The third-order valence-electron chi connectivity index (χ3n) is 3.43. The molecule has 116 valence electrons. The van der Waals surface area contributed by atoms with E-state index >= 15 is 0 Å². The van der Waals surface area contributed by atoms with E-state index in [4.69, 9.17) is 0 Å². The van der Waals surface area contributed by atoms with Gasteiger partial charge in [0.1, 0.15) is 5.25 Å². The molecule has 3 rings (SSSR count). The van der Waals surface area contributed by atoms with Crippen LogP contribution in [0.5, 0.6) is 0 Å². The van der Waals surface area contributed by atoms with Crippen LogP contribution in [-0.4, -0.2) is 31.4 Å². The minimum absolute atomic E-state index is 0.432. The summed E-state index contributed by atoms with van der Waals surface area (Å²) in [5.74, 6) is 0. The van der Waals surface area contributed by atoms with E-state index in [0.717, 1.165) is 27.4 Å². The summed E-state index contributed by atoms with van der Waals surface area (Å²) in [4.78, 5) is 5.31. The molecule has 0 saturated heterocycles. The maximum absolute atomic E-state index is 12.0. The Morgan fingerprint density at radius 3 is 2.32 bits per heavy atom. The molecule has 22 heavy (non-hydrogen) atoms. The fourth-order valence-corrected chi connectivity index (χ4v) is 4.74. The molecule has 0 aliphatic carbocycles. The highest BCUT2D eigenvalue weighted by atomic mass is 32.2. The van der Waals surface area contributed by atoms with Gasteiger partial charge in [-0.05, 0) is 34.5 Å². The molecule has 7 heteroatoms. The highest BCUT2D eigenvalue weighted by Crippen LogP contribution is 2.38. The van der Waals surface area contributed by atoms with Gasteiger partial charge in [-0.1, -0.05) is 12.1 Å². The van der Waals surface area contributed by atoms with Crippen LogP contribution in [0.2, 0.25) is 0 Å². The monoisotopic (exact) mass is 353 g/mol. The molecule has 3 aromatic heterocycles. The Morgan fingerprint density at radius 2 is 1.82 bits per heavy atom. The lowest BCUT2D eigenvalue weighted by Gasteiger charge is -2.12. The summed E-state index contributed by atoms with van der Waals surface area (Å²) < 4.78 is 24.0. The Bertz CT molecular complexity index is 846. The van der Waals surface area contributed by atoms with Crippen molar-refractivity contribution >= 4 is 32.5 Å². The Balaban J connectivity index is 2.19. The number of aliphatic hydroxyl groups excluding tert-OH is 1. The number of aliphatic hydroxyl groups is 1. The van der Waals surface area contributed by atoms with Gasteiger partial charge in [0, 0.05) is 6.26 Å². The van der Waals surface area contributed by atoms with Crippen LogP contribution in [0.3, 0.4) is 0 Å².